The summed E-state index contributed by atoms with van der Waals surface area (Å²) in [6.45, 7) is 9.55. The Morgan fingerprint density at radius 3 is 2.02 bits per heavy atom. The van der Waals surface area contributed by atoms with Crippen molar-refractivity contribution in [3.63, 3.8) is 0 Å². The minimum Gasteiger partial charge on any atom is -0.336 e. The maximum atomic E-state index is 12.3. The molecule has 4 rings (SSSR count). The third-order valence-electron chi connectivity index (χ3n) is 7.80. The van der Waals surface area contributed by atoms with Crippen LogP contribution in [0, 0.1) is 0 Å². The second-order valence-electron chi connectivity index (χ2n) is 11.1. The van der Waals surface area contributed by atoms with Crippen molar-refractivity contribution >= 4 is 50.8 Å². The highest BCUT2D eigenvalue weighted by atomic mass is 32.2. The van der Waals surface area contributed by atoms with Gasteiger partial charge in [0.05, 0.1) is 12.0 Å². The molecule has 0 saturated heterocycles. The molecule has 2 aromatic carbocycles. The number of thioether (sulfide) groups is 2. The topological polar surface area (TPSA) is 40.4 Å². The molecule has 2 aliphatic heterocycles. The van der Waals surface area contributed by atoms with Gasteiger partial charge in [0.15, 0.2) is 5.71 Å². The van der Waals surface area contributed by atoms with Crippen molar-refractivity contribution in [2.24, 2.45) is 0 Å². The van der Waals surface area contributed by atoms with Gasteiger partial charge >= 0.3 is 0 Å². The van der Waals surface area contributed by atoms with E-state index in [2.05, 4.69) is 85.7 Å². The van der Waals surface area contributed by atoms with Crippen LogP contribution < -0.4 is 4.90 Å². The van der Waals surface area contributed by atoms with E-state index in [9.17, 15) is 9.59 Å². The van der Waals surface area contributed by atoms with Crippen molar-refractivity contribution in [1.29, 1.82) is 0 Å². The molecule has 0 N–H and O–H groups in total. The molecule has 2 heterocycles. The number of hydrogen-bond acceptors (Lipinski definition) is 5. The molecule has 0 radical (unpaired) electrons. The summed E-state index contributed by atoms with van der Waals surface area (Å²) in [5.74, 6) is 0. The molecule has 0 bridgehead atoms. The Kier molecular flexibility index (Phi) is 9.77. The van der Waals surface area contributed by atoms with Crippen LogP contribution in [0.5, 0.6) is 0 Å². The van der Waals surface area contributed by atoms with Crippen LogP contribution in [0.1, 0.15) is 38.8 Å². The molecule has 212 valence electrons. The van der Waals surface area contributed by atoms with Crippen LogP contribution in [0.4, 0.5) is 11.4 Å². The first-order chi connectivity index (χ1) is 19.6. The smallest absolute Gasteiger partial charge is 0.253 e. The molecule has 0 aromatic heterocycles. The van der Waals surface area contributed by atoms with Gasteiger partial charge in [0.1, 0.15) is 0 Å². The molecule has 0 aliphatic carbocycles. The van der Waals surface area contributed by atoms with Gasteiger partial charge in [0.25, 0.3) is 5.12 Å². The first-order valence-electron chi connectivity index (χ1n) is 13.8. The summed E-state index contributed by atoms with van der Waals surface area (Å²) in [6, 6.07) is 16.7. The molecule has 0 unspecified atom stereocenters. The largest absolute Gasteiger partial charge is 0.336 e. The maximum absolute atomic E-state index is 12.3. The molecular weight excluding hydrogens is 545 g/mol. The average molecular weight is 584 g/mol. The van der Waals surface area contributed by atoms with Crippen LogP contribution in [0.3, 0.4) is 0 Å². The first kappa shape index (κ1) is 30.6. The number of fused-ring (bicyclic) bond motifs is 2. The highest BCUT2D eigenvalue weighted by Gasteiger charge is 2.44. The predicted octanol–water partition coefficient (Wildman–Crippen LogP) is 7.75. The Balaban J connectivity index is 1.47. The zero-order chi connectivity index (χ0) is 29.6. The highest BCUT2D eigenvalue weighted by Crippen LogP contribution is 2.47. The lowest BCUT2D eigenvalue weighted by Gasteiger charge is -2.26. The summed E-state index contributed by atoms with van der Waals surface area (Å²) in [7, 11) is 0. The SMILES string of the molecule is CSC(=O)CN1/C(=C/C=C/C=C/C=C/C=C/C2=[N+](CC(=O)SC)c3ccccc3C2(C)C)C(C)(C)c2ccccc21. The van der Waals surface area contributed by atoms with Crippen LogP contribution in [0.25, 0.3) is 0 Å². The van der Waals surface area contributed by atoms with E-state index in [1.165, 1.54) is 34.7 Å². The fourth-order valence-corrected chi connectivity index (χ4v) is 6.14. The lowest BCUT2D eigenvalue weighted by atomic mass is 9.81. The Labute approximate surface area is 253 Å². The predicted molar refractivity (Wildman–Crippen MR) is 178 cm³/mol. The lowest BCUT2D eigenvalue weighted by Crippen LogP contribution is -2.29. The number of para-hydroxylation sites is 2. The molecule has 2 aliphatic rings. The average Bonchev–Trinajstić information content (AvgIpc) is 3.30. The molecule has 2 aromatic rings. The summed E-state index contributed by atoms with van der Waals surface area (Å²) in [6.07, 6.45) is 22.0. The normalized spacial score (nSPS) is 18.5. The number of carbonyl (C=O) groups excluding carboxylic acids is 2. The van der Waals surface area contributed by atoms with Gasteiger partial charge in [0, 0.05) is 34.5 Å². The van der Waals surface area contributed by atoms with Gasteiger partial charge in [-0.25, -0.2) is 0 Å². The third kappa shape index (κ3) is 6.44. The van der Waals surface area contributed by atoms with Gasteiger partial charge in [-0.1, -0.05) is 116 Å². The number of allylic oxidation sites excluding steroid dienone is 10. The van der Waals surface area contributed by atoms with E-state index >= 15 is 0 Å². The number of rotatable bonds is 9. The molecular formula is C35H39N2O2S2+. The molecule has 4 nitrogen and oxygen atoms in total. The van der Waals surface area contributed by atoms with E-state index in [0.29, 0.717) is 13.1 Å². The number of carbonyl (C=O) groups is 2. The van der Waals surface area contributed by atoms with E-state index in [1.54, 1.807) is 0 Å². The van der Waals surface area contributed by atoms with Crippen molar-refractivity contribution in [3.05, 3.63) is 120 Å². The van der Waals surface area contributed by atoms with Crippen LogP contribution in [0.15, 0.2) is 109 Å². The second kappa shape index (κ2) is 13.1. The van der Waals surface area contributed by atoms with E-state index in [4.69, 9.17) is 0 Å². The summed E-state index contributed by atoms with van der Waals surface area (Å²) >= 11 is 2.54. The Morgan fingerprint density at radius 2 is 1.34 bits per heavy atom. The van der Waals surface area contributed by atoms with Crippen LogP contribution in [-0.2, 0) is 20.4 Å². The Morgan fingerprint density at radius 1 is 0.756 bits per heavy atom. The Hall–Kier alpha value is -3.35. The monoisotopic (exact) mass is 583 g/mol. The first-order valence-corrected chi connectivity index (χ1v) is 16.2. The molecule has 41 heavy (non-hydrogen) atoms. The van der Waals surface area contributed by atoms with E-state index < -0.39 is 0 Å². The number of benzene rings is 2. The zero-order valence-electron chi connectivity index (χ0n) is 24.8. The molecule has 0 fully saturated rings. The van der Waals surface area contributed by atoms with Crippen molar-refractivity contribution in [1.82, 2.24) is 0 Å². The maximum Gasteiger partial charge on any atom is 0.253 e. The standard InChI is InChI=1S/C35H39N2O2S2/c1-34(2)26-18-14-16-20-28(26)36(24-32(38)40-5)30(34)22-12-10-8-7-9-11-13-23-31-35(3,4)27-19-15-17-21-29(27)37(31)25-33(39)41-6/h7-23H,24-25H2,1-6H3/q+1. The van der Waals surface area contributed by atoms with Crippen molar-refractivity contribution < 1.29 is 14.2 Å². The number of nitrogens with zero attached hydrogens (tertiary/aromatic N) is 2. The van der Waals surface area contributed by atoms with Gasteiger partial charge in [-0.3, -0.25) is 9.59 Å². The van der Waals surface area contributed by atoms with E-state index in [-0.39, 0.29) is 21.1 Å². The minimum absolute atomic E-state index is 0.146. The third-order valence-corrected chi connectivity index (χ3v) is 8.97. The fourth-order valence-electron chi connectivity index (χ4n) is 5.62. The minimum atomic E-state index is -0.187. The summed E-state index contributed by atoms with van der Waals surface area (Å²) in [5.41, 5.74) is 6.54. The second-order valence-corrected chi connectivity index (χ2v) is 12.8. The Bertz CT molecular complexity index is 1510. The summed E-state index contributed by atoms with van der Waals surface area (Å²) in [5, 5.41) is 0.292. The zero-order valence-corrected chi connectivity index (χ0v) is 26.4. The summed E-state index contributed by atoms with van der Waals surface area (Å²) < 4.78 is 2.14. The quantitative estimate of drug-likeness (QED) is 0.223. The van der Waals surface area contributed by atoms with Gasteiger partial charge in [0.2, 0.25) is 17.3 Å². The van der Waals surface area contributed by atoms with Crippen LogP contribution in [-0.4, -0.2) is 46.1 Å². The van der Waals surface area contributed by atoms with Crippen molar-refractivity contribution in [2.45, 2.75) is 38.5 Å². The fraction of sp³-hybridized carbons (Fsp3) is 0.286. The number of anilines is 1. The molecule has 6 heteroatoms. The molecule has 0 saturated carbocycles. The van der Waals surface area contributed by atoms with Crippen molar-refractivity contribution in [3.8, 4) is 0 Å². The molecule has 0 spiro atoms. The molecule has 0 atom stereocenters. The highest BCUT2D eigenvalue weighted by molar-refractivity contribution is 8.13. The lowest BCUT2D eigenvalue weighted by molar-refractivity contribution is -0.423. The van der Waals surface area contributed by atoms with Crippen LogP contribution >= 0.6 is 23.5 Å². The van der Waals surface area contributed by atoms with Crippen LogP contribution in [0.2, 0.25) is 0 Å². The van der Waals surface area contributed by atoms with Gasteiger partial charge in [-0.05, 0) is 44.1 Å². The molecule has 0 amide bonds. The number of hydrogen-bond donors (Lipinski definition) is 0. The van der Waals surface area contributed by atoms with Crippen molar-refractivity contribution in [2.75, 3.05) is 30.5 Å². The van der Waals surface area contributed by atoms with Gasteiger partial charge < -0.3 is 4.90 Å². The van der Waals surface area contributed by atoms with E-state index in [1.807, 2.05) is 67.2 Å². The van der Waals surface area contributed by atoms with E-state index in [0.717, 1.165) is 22.8 Å². The summed E-state index contributed by atoms with van der Waals surface area (Å²) in [4.78, 5) is 26.8. The van der Waals surface area contributed by atoms with Gasteiger partial charge in [-0.15, -0.1) is 0 Å². The van der Waals surface area contributed by atoms with Gasteiger partial charge in [-0.2, -0.15) is 4.58 Å².